The van der Waals surface area contributed by atoms with Gasteiger partial charge in [-0.15, -0.1) is 0 Å². The van der Waals surface area contributed by atoms with Crippen LogP contribution in [0.2, 0.25) is 5.02 Å². The quantitative estimate of drug-likeness (QED) is 0.274. The first-order valence-corrected chi connectivity index (χ1v) is 12.9. The lowest BCUT2D eigenvalue weighted by Gasteiger charge is -2.25. The summed E-state index contributed by atoms with van der Waals surface area (Å²) < 4.78 is 19.9. The van der Waals surface area contributed by atoms with Crippen molar-refractivity contribution in [3.8, 4) is 5.75 Å². The Morgan fingerprint density at radius 2 is 2.03 bits per heavy atom. The molecule has 0 radical (unpaired) electrons. The van der Waals surface area contributed by atoms with Crippen LogP contribution in [0.15, 0.2) is 36.5 Å². The van der Waals surface area contributed by atoms with Gasteiger partial charge in [-0.1, -0.05) is 18.5 Å². The van der Waals surface area contributed by atoms with E-state index in [4.69, 9.17) is 22.1 Å². The molecule has 0 saturated carbocycles. The molecule has 204 valence electrons. The summed E-state index contributed by atoms with van der Waals surface area (Å²) in [5.41, 5.74) is 8.18. The molecular formula is C27H35ClFN7O2. The Kier molecular flexibility index (Phi) is 8.15. The van der Waals surface area contributed by atoms with Gasteiger partial charge >= 0.3 is 0 Å². The Labute approximate surface area is 227 Å². The molecule has 38 heavy (non-hydrogen) atoms. The summed E-state index contributed by atoms with van der Waals surface area (Å²) in [5.74, 6) is 0.723. The van der Waals surface area contributed by atoms with E-state index in [1.165, 1.54) is 12.1 Å². The number of hydrogen-bond donors (Lipinski definition) is 4. The van der Waals surface area contributed by atoms with Crippen molar-refractivity contribution in [1.82, 2.24) is 14.9 Å². The highest BCUT2D eigenvalue weighted by atomic mass is 35.5. The molecule has 2 heterocycles. The number of nitrogens with one attached hydrogen (secondary N) is 2. The predicted molar refractivity (Wildman–Crippen MR) is 152 cm³/mol. The highest BCUT2D eigenvalue weighted by Gasteiger charge is 2.27. The summed E-state index contributed by atoms with van der Waals surface area (Å²) in [5, 5.41) is 17.1. The Morgan fingerprint density at radius 1 is 1.26 bits per heavy atom. The molecule has 1 saturated heterocycles. The minimum Gasteiger partial charge on any atom is -0.494 e. The predicted octanol–water partition coefficient (Wildman–Crippen LogP) is 5.10. The van der Waals surface area contributed by atoms with E-state index in [1.54, 1.807) is 26.3 Å². The van der Waals surface area contributed by atoms with Gasteiger partial charge in [-0.3, -0.25) is 0 Å². The van der Waals surface area contributed by atoms with Crippen molar-refractivity contribution in [3.63, 3.8) is 0 Å². The topological polar surface area (TPSA) is 112 Å². The minimum atomic E-state index is -1.27. The first kappa shape index (κ1) is 27.7. The normalized spacial score (nSPS) is 17.0. The second-order valence-electron chi connectivity index (χ2n) is 9.92. The van der Waals surface area contributed by atoms with Crippen LogP contribution < -0.4 is 26.0 Å². The van der Waals surface area contributed by atoms with Gasteiger partial charge in [0.2, 0.25) is 5.95 Å². The van der Waals surface area contributed by atoms with Crippen LogP contribution in [-0.4, -0.2) is 60.3 Å². The maximum Gasteiger partial charge on any atom is 0.229 e. The number of nitrogens with two attached hydrogens (primary N) is 1. The molecule has 5 N–H and O–H groups in total. The van der Waals surface area contributed by atoms with Crippen LogP contribution in [0.3, 0.4) is 0 Å². The van der Waals surface area contributed by atoms with Gasteiger partial charge in [0.25, 0.3) is 0 Å². The number of aliphatic hydroxyl groups is 1. The van der Waals surface area contributed by atoms with Gasteiger partial charge in [-0.25, -0.2) is 9.37 Å². The summed E-state index contributed by atoms with van der Waals surface area (Å²) in [7, 11) is 5.78. The molecule has 2 aromatic carbocycles. The monoisotopic (exact) mass is 543 g/mol. The number of rotatable bonds is 9. The van der Waals surface area contributed by atoms with E-state index in [9.17, 15) is 9.50 Å². The van der Waals surface area contributed by atoms with Gasteiger partial charge in [-0.2, -0.15) is 4.98 Å². The standard InChI is InChI=1S/C27H35ClFN7O2/c1-6-27(2,37)17-11-19(29)18(28)12-21(17)32-25-7-9-31-26(34-25)33-22-13-20(30)23(14-24(22)38-5)36-10-8-16(15-36)35(3)4/h7,9,11-14,16,37H,6,8,10,15,30H2,1-5H3,(H2,31,32,33,34)/t16-,27?/m1/s1. The smallest absolute Gasteiger partial charge is 0.229 e. The fourth-order valence-electron chi connectivity index (χ4n) is 4.54. The summed E-state index contributed by atoms with van der Waals surface area (Å²) in [6.07, 6.45) is 3.02. The molecule has 1 aromatic heterocycles. The molecule has 0 bridgehead atoms. The van der Waals surface area contributed by atoms with Gasteiger partial charge in [0.05, 0.1) is 34.8 Å². The van der Waals surface area contributed by atoms with E-state index >= 15 is 0 Å². The molecule has 1 fully saturated rings. The molecule has 2 atom stereocenters. The van der Waals surface area contributed by atoms with Gasteiger partial charge in [0.1, 0.15) is 17.4 Å². The van der Waals surface area contributed by atoms with E-state index in [1.807, 2.05) is 19.1 Å². The summed E-state index contributed by atoms with van der Waals surface area (Å²) in [6.45, 7) is 5.25. The van der Waals surface area contributed by atoms with Crippen LogP contribution in [0.25, 0.3) is 0 Å². The Morgan fingerprint density at radius 3 is 2.68 bits per heavy atom. The molecule has 11 heteroatoms. The first-order valence-electron chi connectivity index (χ1n) is 12.5. The van der Waals surface area contributed by atoms with E-state index < -0.39 is 11.4 Å². The number of methoxy groups -OCH3 is 1. The number of benzene rings is 2. The molecule has 1 aliphatic heterocycles. The second-order valence-corrected chi connectivity index (χ2v) is 10.3. The Balaban J connectivity index is 1.59. The lowest BCUT2D eigenvalue weighted by molar-refractivity contribution is 0.0535. The largest absolute Gasteiger partial charge is 0.494 e. The Bertz CT molecular complexity index is 1300. The second kappa shape index (κ2) is 11.2. The zero-order valence-corrected chi connectivity index (χ0v) is 23.1. The molecule has 3 aromatic rings. The van der Waals surface area contributed by atoms with Crippen LogP contribution in [0.5, 0.6) is 5.75 Å². The third-order valence-electron chi connectivity index (χ3n) is 7.08. The third kappa shape index (κ3) is 5.87. The van der Waals surface area contributed by atoms with Crippen LogP contribution in [0.1, 0.15) is 32.3 Å². The average Bonchev–Trinajstić information content (AvgIpc) is 3.37. The van der Waals surface area contributed by atoms with Crippen molar-refractivity contribution in [2.45, 2.75) is 38.3 Å². The fraction of sp³-hybridized carbons (Fsp3) is 0.407. The number of aromatic nitrogens is 2. The number of ether oxygens (including phenoxy) is 1. The van der Waals surface area contributed by atoms with Crippen LogP contribution in [-0.2, 0) is 5.60 Å². The molecule has 9 nitrogen and oxygen atoms in total. The number of anilines is 6. The minimum absolute atomic E-state index is 0.0641. The summed E-state index contributed by atoms with van der Waals surface area (Å²) in [6, 6.07) is 8.56. The highest BCUT2D eigenvalue weighted by molar-refractivity contribution is 6.31. The molecular weight excluding hydrogens is 509 g/mol. The number of hydrogen-bond acceptors (Lipinski definition) is 9. The van der Waals surface area contributed by atoms with Crippen LogP contribution in [0.4, 0.5) is 38.9 Å². The number of halogens is 2. The van der Waals surface area contributed by atoms with Crippen molar-refractivity contribution < 1.29 is 14.2 Å². The average molecular weight is 544 g/mol. The Hall–Kier alpha value is -3.34. The van der Waals surface area contributed by atoms with Crippen molar-refractivity contribution >= 4 is 46.1 Å². The number of nitrogens with zero attached hydrogens (tertiary/aromatic N) is 4. The first-order chi connectivity index (χ1) is 18.0. The maximum absolute atomic E-state index is 14.2. The zero-order chi connectivity index (χ0) is 27.6. The summed E-state index contributed by atoms with van der Waals surface area (Å²) in [4.78, 5) is 13.4. The van der Waals surface area contributed by atoms with Crippen molar-refractivity contribution in [3.05, 3.63) is 52.9 Å². The lowest BCUT2D eigenvalue weighted by atomic mass is 9.91. The SMILES string of the molecule is CCC(C)(O)c1cc(F)c(Cl)cc1Nc1ccnc(Nc2cc(N)c(N3CC[C@@H](N(C)C)C3)cc2OC)n1. The van der Waals surface area contributed by atoms with E-state index in [-0.39, 0.29) is 5.02 Å². The third-order valence-corrected chi connectivity index (χ3v) is 7.37. The zero-order valence-electron chi connectivity index (χ0n) is 22.3. The fourth-order valence-corrected chi connectivity index (χ4v) is 4.71. The van der Waals surface area contributed by atoms with Gasteiger partial charge in [-0.05, 0) is 58.1 Å². The number of likely N-dealkylation sites (N-methyl/N-ethyl adjacent to an activating group) is 1. The number of nitrogen functional groups attached to an aromatic ring is 1. The van der Waals surface area contributed by atoms with E-state index in [2.05, 4.69) is 44.5 Å². The lowest BCUT2D eigenvalue weighted by Crippen LogP contribution is -2.31. The van der Waals surface area contributed by atoms with E-state index in [0.717, 1.165) is 25.2 Å². The highest BCUT2D eigenvalue weighted by Crippen LogP contribution is 2.39. The molecule has 1 aliphatic rings. The van der Waals surface area contributed by atoms with Crippen molar-refractivity contribution in [2.24, 2.45) is 0 Å². The van der Waals surface area contributed by atoms with Crippen molar-refractivity contribution in [1.29, 1.82) is 0 Å². The van der Waals surface area contributed by atoms with Crippen LogP contribution in [0, 0.1) is 5.82 Å². The molecule has 1 unspecified atom stereocenters. The molecule has 0 amide bonds. The summed E-state index contributed by atoms with van der Waals surface area (Å²) >= 11 is 6.04. The maximum atomic E-state index is 14.2. The van der Waals surface area contributed by atoms with Crippen LogP contribution >= 0.6 is 11.6 Å². The van der Waals surface area contributed by atoms with Gasteiger partial charge in [0.15, 0.2) is 0 Å². The van der Waals surface area contributed by atoms with Gasteiger partial charge < -0.3 is 36.0 Å². The molecule has 0 spiro atoms. The molecule has 4 rings (SSSR count). The van der Waals surface area contributed by atoms with Gasteiger partial charge in [0, 0.05) is 42.6 Å². The molecule has 0 aliphatic carbocycles. The van der Waals surface area contributed by atoms with Crippen molar-refractivity contribution in [2.75, 3.05) is 55.6 Å². The van der Waals surface area contributed by atoms with E-state index in [0.29, 0.717) is 52.6 Å².